The second-order valence-corrected chi connectivity index (χ2v) is 11.1. The summed E-state index contributed by atoms with van der Waals surface area (Å²) in [4.78, 5) is 27.7. The van der Waals surface area contributed by atoms with Crippen LogP contribution < -0.4 is 15.0 Å². The van der Waals surface area contributed by atoms with Crippen LogP contribution in [-0.4, -0.2) is 51.3 Å². The van der Waals surface area contributed by atoms with E-state index in [4.69, 9.17) is 4.74 Å². The maximum atomic E-state index is 13.1. The zero-order valence-corrected chi connectivity index (χ0v) is 22.3. The molecule has 1 N–H and O–H groups in total. The zero-order valence-electron chi connectivity index (χ0n) is 19.9. The number of methoxy groups -OCH3 is 1. The van der Waals surface area contributed by atoms with E-state index in [1.54, 1.807) is 67.5 Å². The largest absolute Gasteiger partial charge is 0.497 e. The number of anilines is 2. The number of sulfonamides is 1. The van der Waals surface area contributed by atoms with Crippen LogP contribution in [0.2, 0.25) is 0 Å². The molecule has 188 valence electrons. The van der Waals surface area contributed by atoms with Crippen molar-refractivity contribution in [3.8, 4) is 5.75 Å². The average molecular weight is 572 g/mol. The number of fused-ring (bicyclic) bond motifs is 1. The normalized spacial score (nSPS) is 12.9. The molecule has 3 aromatic rings. The van der Waals surface area contributed by atoms with Gasteiger partial charge in [0.2, 0.25) is 15.9 Å². The number of hydrogen-bond acceptors (Lipinski definition) is 5. The van der Waals surface area contributed by atoms with E-state index < -0.39 is 15.9 Å². The number of benzene rings is 3. The Bertz CT molecular complexity index is 1380. The Labute approximate surface area is 219 Å². The van der Waals surface area contributed by atoms with Gasteiger partial charge in [0.15, 0.2) is 0 Å². The Morgan fingerprint density at radius 3 is 2.39 bits per heavy atom. The quantitative estimate of drug-likeness (QED) is 0.434. The fraction of sp³-hybridized carbons (Fsp3) is 0.231. The molecule has 1 aliphatic heterocycles. The van der Waals surface area contributed by atoms with Crippen molar-refractivity contribution in [2.24, 2.45) is 0 Å². The van der Waals surface area contributed by atoms with Crippen molar-refractivity contribution in [3.63, 3.8) is 0 Å². The lowest BCUT2D eigenvalue weighted by Gasteiger charge is -2.21. The van der Waals surface area contributed by atoms with Crippen LogP contribution in [0.15, 0.2) is 76.1 Å². The molecule has 0 unspecified atom stereocenters. The number of amides is 2. The highest BCUT2D eigenvalue weighted by Crippen LogP contribution is 2.32. The molecule has 0 radical (unpaired) electrons. The Hall–Kier alpha value is -3.21. The van der Waals surface area contributed by atoms with Gasteiger partial charge in [-0.15, -0.1) is 0 Å². The highest BCUT2D eigenvalue weighted by molar-refractivity contribution is 9.10. The Morgan fingerprint density at radius 2 is 1.75 bits per heavy atom. The topological polar surface area (TPSA) is 96.0 Å². The van der Waals surface area contributed by atoms with Gasteiger partial charge in [-0.05, 0) is 72.6 Å². The molecule has 1 heterocycles. The summed E-state index contributed by atoms with van der Waals surface area (Å²) in [6.45, 7) is 2.02. The molecule has 2 amide bonds. The first-order chi connectivity index (χ1) is 17.2. The SMILES string of the molecule is CCN(CC(=O)Nc1ccc2c(c1)N(C(=O)c1ccc(OC)cc1)CC2)S(=O)(=O)c1ccc(Br)cc1. The Morgan fingerprint density at radius 1 is 1.06 bits per heavy atom. The van der Waals surface area contributed by atoms with Gasteiger partial charge in [-0.25, -0.2) is 8.42 Å². The molecule has 3 aromatic carbocycles. The van der Waals surface area contributed by atoms with Gasteiger partial charge in [0, 0.05) is 34.5 Å². The molecule has 0 aliphatic carbocycles. The van der Waals surface area contributed by atoms with Crippen LogP contribution in [0.5, 0.6) is 5.75 Å². The van der Waals surface area contributed by atoms with Crippen LogP contribution >= 0.6 is 15.9 Å². The van der Waals surface area contributed by atoms with Gasteiger partial charge in [0.1, 0.15) is 5.75 Å². The van der Waals surface area contributed by atoms with Gasteiger partial charge < -0.3 is 15.0 Å². The molecular formula is C26H26BrN3O5S. The van der Waals surface area contributed by atoms with Crippen LogP contribution in [0.3, 0.4) is 0 Å². The van der Waals surface area contributed by atoms with Crippen molar-refractivity contribution in [1.82, 2.24) is 4.31 Å². The van der Waals surface area contributed by atoms with Crippen LogP contribution in [-0.2, 0) is 21.2 Å². The summed E-state index contributed by atoms with van der Waals surface area (Å²) in [6, 6.07) is 18.6. The highest BCUT2D eigenvalue weighted by Gasteiger charge is 2.28. The van der Waals surface area contributed by atoms with E-state index in [2.05, 4.69) is 21.2 Å². The fourth-order valence-corrected chi connectivity index (χ4v) is 5.71. The maximum Gasteiger partial charge on any atom is 0.258 e. The monoisotopic (exact) mass is 571 g/mol. The van der Waals surface area contributed by atoms with E-state index in [9.17, 15) is 18.0 Å². The first-order valence-electron chi connectivity index (χ1n) is 11.4. The molecule has 0 fully saturated rings. The predicted octanol–water partition coefficient (Wildman–Crippen LogP) is 4.31. The van der Waals surface area contributed by atoms with Crippen molar-refractivity contribution in [2.75, 3.05) is 37.0 Å². The number of hydrogen-bond donors (Lipinski definition) is 1. The molecule has 1 aliphatic rings. The summed E-state index contributed by atoms with van der Waals surface area (Å²) in [7, 11) is -2.26. The molecule has 0 aromatic heterocycles. The minimum Gasteiger partial charge on any atom is -0.497 e. The molecule has 0 spiro atoms. The third-order valence-corrected chi connectivity index (χ3v) is 8.43. The van der Waals surface area contributed by atoms with Crippen molar-refractivity contribution < 1.29 is 22.7 Å². The molecule has 0 bridgehead atoms. The molecule has 0 atom stereocenters. The van der Waals surface area contributed by atoms with Crippen molar-refractivity contribution in [3.05, 3.63) is 82.3 Å². The Kier molecular flexibility index (Phi) is 7.77. The lowest BCUT2D eigenvalue weighted by atomic mass is 10.1. The van der Waals surface area contributed by atoms with Gasteiger partial charge in [-0.3, -0.25) is 9.59 Å². The lowest BCUT2D eigenvalue weighted by Crippen LogP contribution is -2.37. The first-order valence-corrected chi connectivity index (χ1v) is 13.6. The van der Waals surface area contributed by atoms with Crippen molar-refractivity contribution in [1.29, 1.82) is 0 Å². The van der Waals surface area contributed by atoms with Gasteiger partial charge in [0.05, 0.1) is 18.6 Å². The molecule has 0 saturated heterocycles. The van der Waals surface area contributed by atoms with Gasteiger partial charge >= 0.3 is 0 Å². The molecule has 8 nitrogen and oxygen atoms in total. The van der Waals surface area contributed by atoms with E-state index in [0.717, 1.165) is 20.0 Å². The molecule has 0 saturated carbocycles. The minimum atomic E-state index is -3.83. The molecular weight excluding hydrogens is 546 g/mol. The van der Waals surface area contributed by atoms with E-state index in [0.29, 0.717) is 30.0 Å². The minimum absolute atomic E-state index is 0.116. The standard InChI is InChI=1S/C26H26BrN3O5S/c1-3-29(36(33,34)23-12-7-20(27)8-13-23)17-25(31)28-21-9-4-18-14-15-30(24(18)16-21)26(32)19-5-10-22(35-2)11-6-19/h4-13,16H,3,14-15,17H2,1-2H3,(H,28,31). The first kappa shape index (κ1) is 25.9. The lowest BCUT2D eigenvalue weighted by molar-refractivity contribution is -0.116. The summed E-state index contributed by atoms with van der Waals surface area (Å²) in [6.07, 6.45) is 0.709. The molecule has 36 heavy (non-hydrogen) atoms. The zero-order chi connectivity index (χ0) is 25.9. The second-order valence-electron chi connectivity index (χ2n) is 8.21. The number of rotatable bonds is 8. The smallest absolute Gasteiger partial charge is 0.258 e. The summed E-state index contributed by atoms with van der Waals surface area (Å²) in [5, 5.41) is 2.78. The van der Waals surface area contributed by atoms with Crippen LogP contribution in [0.25, 0.3) is 0 Å². The summed E-state index contributed by atoms with van der Waals surface area (Å²) in [5.41, 5.74) is 2.76. The van der Waals surface area contributed by atoms with Gasteiger partial charge in [0.25, 0.3) is 5.91 Å². The average Bonchev–Trinajstić information content (AvgIpc) is 3.30. The molecule has 10 heteroatoms. The Balaban J connectivity index is 1.48. The number of ether oxygens (including phenoxy) is 1. The van der Waals surface area contributed by atoms with Gasteiger partial charge in [-0.1, -0.05) is 28.9 Å². The van der Waals surface area contributed by atoms with Crippen molar-refractivity contribution >= 4 is 49.1 Å². The van der Waals surface area contributed by atoms with E-state index in [1.807, 2.05) is 6.07 Å². The number of halogens is 1. The highest BCUT2D eigenvalue weighted by atomic mass is 79.9. The van der Waals surface area contributed by atoms with E-state index >= 15 is 0 Å². The van der Waals surface area contributed by atoms with E-state index in [1.165, 1.54) is 12.1 Å². The van der Waals surface area contributed by atoms with Crippen molar-refractivity contribution in [2.45, 2.75) is 18.2 Å². The number of likely N-dealkylation sites (N-methyl/N-ethyl adjacent to an activating group) is 1. The number of nitrogens with zero attached hydrogens (tertiary/aromatic N) is 2. The number of carbonyl (C=O) groups excluding carboxylic acids is 2. The summed E-state index contributed by atoms with van der Waals surface area (Å²) >= 11 is 3.29. The summed E-state index contributed by atoms with van der Waals surface area (Å²) in [5.74, 6) is 0.0581. The van der Waals surface area contributed by atoms with E-state index in [-0.39, 0.29) is 23.9 Å². The number of nitrogens with one attached hydrogen (secondary N) is 1. The predicted molar refractivity (Wildman–Crippen MR) is 142 cm³/mol. The van der Waals surface area contributed by atoms with Gasteiger partial charge in [-0.2, -0.15) is 4.31 Å². The maximum absolute atomic E-state index is 13.1. The van der Waals surface area contributed by atoms with Crippen LogP contribution in [0, 0.1) is 0 Å². The fourth-order valence-electron chi connectivity index (χ4n) is 4.04. The molecule has 4 rings (SSSR count). The summed E-state index contributed by atoms with van der Waals surface area (Å²) < 4.78 is 33.0. The third-order valence-electron chi connectivity index (χ3n) is 5.97. The van der Waals surface area contributed by atoms with Crippen LogP contribution in [0.1, 0.15) is 22.8 Å². The number of carbonyl (C=O) groups is 2. The third kappa shape index (κ3) is 5.45. The van der Waals surface area contributed by atoms with Crippen LogP contribution in [0.4, 0.5) is 11.4 Å². The second kappa shape index (κ2) is 10.8.